The van der Waals surface area contributed by atoms with Crippen LogP contribution in [0.5, 0.6) is 0 Å². The SMILES string of the molecule is Cc1cc(CSc2ncccc2C(=O)NC2CCN(C(=O)CC(C)C)CC2)no1. The number of carbonyl (C=O) groups is 2. The second kappa shape index (κ2) is 9.91. The molecule has 2 amide bonds. The molecule has 0 aromatic carbocycles. The molecule has 3 heterocycles. The minimum atomic E-state index is -0.121. The maximum Gasteiger partial charge on any atom is 0.254 e. The van der Waals surface area contributed by atoms with Gasteiger partial charge in [-0.1, -0.05) is 30.8 Å². The van der Waals surface area contributed by atoms with Gasteiger partial charge in [-0.25, -0.2) is 4.98 Å². The molecule has 0 saturated carbocycles. The maximum atomic E-state index is 12.8. The van der Waals surface area contributed by atoms with Gasteiger partial charge in [-0.15, -0.1) is 0 Å². The molecule has 2 aromatic heterocycles. The number of thioether (sulfide) groups is 1. The van der Waals surface area contributed by atoms with Gasteiger partial charge < -0.3 is 14.7 Å². The molecule has 1 aliphatic heterocycles. The summed E-state index contributed by atoms with van der Waals surface area (Å²) in [6.07, 6.45) is 3.82. The number of hydrogen-bond donors (Lipinski definition) is 1. The van der Waals surface area contributed by atoms with Gasteiger partial charge in [0.2, 0.25) is 5.91 Å². The molecule has 1 N–H and O–H groups in total. The predicted molar refractivity (Wildman–Crippen MR) is 112 cm³/mol. The Kier molecular flexibility index (Phi) is 7.30. The number of amides is 2. The minimum Gasteiger partial charge on any atom is -0.361 e. The standard InChI is InChI=1S/C21H28N4O3S/c1-14(2)11-19(26)25-9-6-16(7-10-25)23-20(27)18-5-4-8-22-21(18)29-13-17-12-15(3)28-24-17/h4-5,8,12,14,16H,6-7,9-11,13H2,1-3H3,(H,23,27). The Hall–Kier alpha value is -2.35. The summed E-state index contributed by atoms with van der Waals surface area (Å²) < 4.78 is 5.09. The van der Waals surface area contributed by atoms with Gasteiger partial charge in [0.15, 0.2) is 0 Å². The van der Waals surface area contributed by atoms with Gasteiger partial charge in [-0.3, -0.25) is 9.59 Å². The number of hydrogen-bond acceptors (Lipinski definition) is 6. The lowest BCUT2D eigenvalue weighted by atomic mass is 10.0. The van der Waals surface area contributed by atoms with Gasteiger partial charge in [-0.05, 0) is 37.8 Å². The smallest absolute Gasteiger partial charge is 0.254 e. The number of pyridine rings is 1. The van der Waals surface area contributed by atoms with E-state index in [1.807, 2.05) is 17.9 Å². The van der Waals surface area contributed by atoms with E-state index in [4.69, 9.17) is 4.52 Å². The number of likely N-dealkylation sites (tertiary alicyclic amines) is 1. The van der Waals surface area contributed by atoms with Crippen LogP contribution in [0.2, 0.25) is 0 Å². The van der Waals surface area contributed by atoms with Gasteiger partial charge in [0.05, 0.1) is 11.3 Å². The summed E-state index contributed by atoms with van der Waals surface area (Å²) in [6.45, 7) is 7.34. The number of aryl methyl sites for hydroxylation is 1. The summed E-state index contributed by atoms with van der Waals surface area (Å²) in [6, 6.07) is 5.51. The van der Waals surface area contributed by atoms with Crippen molar-refractivity contribution in [2.75, 3.05) is 13.1 Å². The quantitative estimate of drug-likeness (QED) is 0.696. The predicted octanol–water partition coefficient (Wildman–Crippen LogP) is 3.44. The highest BCUT2D eigenvalue weighted by molar-refractivity contribution is 7.98. The number of piperidine rings is 1. The summed E-state index contributed by atoms with van der Waals surface area (Å²) in [7, 11) is 0. The van der Waals surface area contributed by atoms with Crippen molar-refractivity contribution in [1.29, 1.82) is 0 Å². The van der Waals surface area contributed by atoms with E-state index in [1.165, 1.54) is 11.8 Å². The van der Waals surface area contributed by atoms with Crippen LogP contribution in [0.15, 0.2) is 33.9 Å². The molecule has 0 aliphatic carbocycles. The van der Waals surface area contributed by atoms with E-state index >= 15 is 0 Å². The Morgan fingerprint density at radius 1 is 1.34 bits per heavy atom. The fourth-order valence-electron chi connectivity index (χ4n) is 3.32. The Labute approximate surface area is 175 Å². The van der Waals surface area contributed by atoms with Gasteiger partial charge in [0.1, 0.15) is 10.8 Å². The van der Waals surface area contributed by atoms with Crippen molar-refractivity contribution in [3.63, 3.8) is 0 Å². The van der Waals surface area contributed by atoms with Crippen LogP contribution in [0.3, 0.4) is 0 Å². The molecule has 1 saturated heterocycles. The molecule has 0 radical (unpaired) electrons. The summed E-state index contributed by atoms with van der Waals surface area (Å²) in [4.78, 5) is 31.3. The van der Waals surface area contributed by atoms with Crippen molar-refractivity contribution >= 4 is 23.6 Å². The third kappa shape index (κ3) is 6.06. The third-order valence-corrected chi connectivity index (χ3v) is 5.85. The molecule has 2 aromatic rings. The molecule has 1 aliphatic rings. The molecule has 29 heavy (non-hydrogen) atoms. The molecule has 1 fully saturated rings. The lowest BCUT2D eigenvalue weighted by molar-refractivity contribution is -0.133. The second-order valence-electron chi connectivity index (χ2n) is 7.80. The van der Waals surface area contributed by atoms with Crippen LogP contribution >= 0.6 is 11.8 Å². The topological polar surface area (TPSA) is 88.3 Å². The highest BCUT2D eigenvalue weighted by atomic mass is 32.2. The highest BCUT2D eigenvalue weighted by Crippen LogP contribution is 2.24. The number of aromatic nitrogens is 2. The van der Waals surface area contributed by atoms with Crippen molar-refractivity contribution in [2.45, 2.75) is 56.9 Å². The average molecular weight is 417 g/mol. The van der Waals surface area contributed by atoms with E-state index < -0.39 is 0 Å². The molecule has 0 spiro atoms. The van der Waals surface area contributed by atoms with E-state index in [-0.39, 0.29) is 17.9 Å². The normalized spacial score (nSPS) is 15.0. The van der Waals surface area contributed by atoms with Crippen molar-refractivity contribution in [2.24, 2.45) is 5.92 Å². The molecule has 7 nitrogen and oxygen atoms in total. The van der Waals surface area contributed by atoms with Crippen LogP contribution in [0, 0.1) is 12.8 Å². The van der Waals surface area contributed by atoms with Crippen molar-refractivity contribution < 1.29 is 14.1 Å². The second-order valence-corrected chi connectivity index (χ2v) is 8.76. The van der Waals surface area contributed by atoms with Gasteiger partial charge in [0, 0.05) is 43.6 Å². The first-order valence-corrected chi connectivity index (χ1v) is 11.0. The van der Waals surface area contributed by atoms with Crippen LogP contribution in [0.25, 0.3) is 0 Å². The Bertz CT molecular complexity index is 844. The molecule has 3 rings (SSSR count). The van der Waals surface area contributed by atoms with Gasteiger partial charge in [0.25, 0.3) is 5.91 Å². The molecule has 0 bridgehead atoms. The zero-order valence-corrected chi connectivity index (χ0v) is 18.0. The van der Waals surface area contributed by atoms with Crippen LogP contribution in [0.1, 0.15) is 54.9 Å². The average Bonchev–Trinajstić information content (AvgIpc) is 3.12. The number of carbonyl (C=O) groups excluding carboxylic acids is 2. The van der Waals surface area contributed by atoms with E-state index in [0.717, 1.165) is 24.3 Å². The van der Waals surface area contributed by atoms with Crippen molar-refractivity contribution in [3.8, 4) is 0 Å². The maximum absolute atomic E-state index is 12.8. The van der Waals surface area contributed by atoms with Crippen LogP contribution < -0.4 is 5.32 Å². The molecule has 156 valence electrons. The first-order valence-electron chi connectivity index (χ1n) is 10.0. The monoisotopic (exact) mass is 416 g/mol. The fourth-order valence-corrected chi connectivity index (χ4v) is 4.19. The summed E-state index contributed by atoms with van der Waals surface area (Å²) in [5, 5.41) is 7.77. The molecular weight excluding hydrogens is 388 g/mol. The number of nitrogens with zero attached hydrogens (tertiary/aromatic N) is 3. The zero-order valence-electron chi connectivity index (χ0n) is 17.2. The Morgan fingerprint density at radius 3 is 2.76 bits per heavy atom. The minimum absolute atomic E-state index is 0.0712. The first kappa shape index (κ1) is 21.4. The van der Waals surface area contributed by atoms with E-state index in [1.54, 1.807) is 18.3 Å². The molecule has 8 heteroatoms. The molecular formula is C21H28N4O3S. The number of rotatable bonds is 7. The molecule has 0 unspecified atom stereocenters. The third-order valence-electron chi connectivity index (χ3n) is 4.82. The largest absolute Gasteiger partial charge is 0.361 e. The van der Waals surface area contributed by atoms with E-state index in [0.29, 0.717) is 41.8 Å². The van der Waals surface area contributed by atoms with Crippen molar-refractivity contribution in [1.82, 2.24) is 20.4 Å². The van der Waals surface area contributed by atoms with Gasteiger partial charge >= 0.3 is 0 Å². The Balaban J connectivity index is 1.54. The first-order chi connectivity index (χ1) is 13.9. The lowest BCUT2D eigenvalue weighted by Crippen LogP contribution is -2.46. The van der Waals surface area contributed by atoms with Crippen molar-refractivity contribution in [3.05, 3.63) is 41.4 Å². The zero-order chi connectivity index (χ0) is 20.8. The summed E-state index contributed by atoms with van der Waals surface area (Å²) in [5.74, 6) is 1.80. The van der Waals surface area contributed by atoms with E-state index in [2.05, 4.69) is 29.3 Å². The fraction of sp³-hybridized carbons (Fsp3) is 0.524. The summed E-state index contributed by atoms with van der Waals surface area (Å²) >= 11 is 1.47. The number of nitrogens with one attached hydrogen (secondary N) is 1. The molecule has 0 atom stereocenters. The van der Waals surface area contributed by atoms with Crippen LogP contribution in [-0.2, 0) is 10.5 Å². The highest BCUT2D eigenvalue weighted by Gasteiger charge is 2.25. The summed E-state index contributed by atoms with van der Waals surface area (Å²) in [5.41, 5.74) is 1.39. The van der Waals surface area contributed by atoms with Crippen LogP contribution in [-0.4, -0.2) is 46.0 Å². The van der Waals surface area contributed by atoms with Gasteiger partial charge in [-0.2, -0.15) is 0 Å². The lowest BCUT2D eigenvalue weighted by Gasteiger charge is -2.33. The Morgan fingerprint density at radius 2 is 2.10 bits per heavy atom. The van der Waals surface area contributed by atoms with Crippen LogP contribution in [0.4, 0.5) is 0 Å². The van der Waals surface area contributed by atoms with E-state index in [9.17, 15) is 9.59 Å².